The number of nitrogens with zero attached hydrogens (tertiary/aromatic N) is 1. The highest BCUT2D eigenvalue weighted by Gasteiger charge is 2.34. The Balaban J connectivity index is 1.78. The Kier molecular flexibility index (Phi) is 5.96. The molecule has 0 unspecified atom stereocenters. The number of hydrogen-bond donors (Lipinski definition) is 1. The zero-order valence-corrected chi connectivity index (χ0v) is 16.3. The van der Waals surface area contributed by atoms with Crippen LogP contribution < -0.4 is 15.2 Å². The van der Waals surface area contributed by atoms with E-state index >= 15 is 0 Å². The molecule has 0 aliphatic rings. The summed E-state index contributed by atoms with van der Waals surface area (Å²) in [5.41, 5.74) is 8.05. The van der Waals surface area contributed by atoms with E-state index in [9.17, 15) is 18.0 Å². The second-order valence-corrected chi connectivity index (χ2v) is 6.62. The van der Waals surface area contributed by atoms with Crippen molar-refractivity contribution in [3.8, 4) is 22.6 Å². The Labute approximate surface area is 171 Å². The van der Waals surface area contributed by atoms with Gasteiger partial charge in [-0.3, -0.25) is 9.78 Å². The Morgan fingerprint density at radius 3 is 2.47 bits per heavy atom. The Morgan fingerprint density at radius 1 is 1.07 bits per heavy atom. The normalized spacial score (nSPS) is 11.2. The lowest BCUT2D eigenvalue weighted by atomic mass is 10.00. The molecule has 0 aliphatic heterocycles. The van der Waals surface area contributed by atoms with E-state index in [4.69, 9.17) is 15.2 Å². The number of carbonyl (C=O) groups excluding carboxylic acids is 1. The molecule has 0 bridgehead atoms. The van der Waals surface area contributed by atoms with Crippen LogP contribution in [0.4, 0.5) is 13.2 Å². The first-order valence-electron chi connectivity index (χ1n) is 8.92. The predicted octanol–water partition coefficient (Wildman–Crippen LogP) is 4.76. The number of halogens is 3. The summed E-state index contributed by atoms with van der Waals surface area (Å²) in [5.74, 6) is -0.560. The Morgan fingerprint density at radius 2 is 1.83 bits per heavy atom. The Hall–Kier alpha value is -3.55. The monoisotopic (exact) mass is 416 g/mol. The molecule has 0 atom stereocenters. The third-order valence-corrected chi connectivity index (χ3v) is 4.50. The maximum absolute atomic E-state index is 13.0. The molecule has 3 rings (SSSR count). The first-order chi connectivity index (χ1) is 14.2. The van der Waals surface area contributed by atoms with Crippen LogP contribution in [0.5, 0.6) is 11.5 Å². The van der Waals surface area contributed by atoms with Gasteiger partial charge in [0.2, 0.25) is 5.91 Å². The van der Waals surface area contributed by atoms with Crippen LogP contribution >= 0.6 is 0 Å². The van der Waals surface area contributed by atoms with Crippen molar-refractivity contribution in [1.82, 2.24) is 4.98 Å². The third kappa shape index (κ3) is 4.71. The highest BCUT2D eigenvalue weighted by atomic mass is 19.4. The quantitative estimate of drug-likeness (QED) is 0.629. The molecule has 30 heavy (non-hydrogen) atoms. The molecule has 0 saturated carbocycles. The van der Waals surface area contributed by atoms with E-state index < -0.39 is 17.6 Å². The van der Waals surface area contributed by atoms with Gasteiger partial charge in [0.15, 0.2) is 0 Å². The van der Waals surface area contributed by atoms with Crippen LogP contribution in [0.1, 0.15) is 27.0 Å². The first-order valence-corrected chi connectivity index (χ1v) is 8.92. The molecule has 1 heterocycles. The van der Waals surface area contributed by atoms with Gasteiger partial charge in [-0.25, -0.2) is 0 Å². The van der Waals surface area contributed by atoms with E-state index in [0.29, 0.717) is 5.56 Å². The number of carbonyl (C=O) groups is 1. The summed E-state index contributed by atoms with van der Waals surface area (Å²) in [6, 6.07) is 10.5. The van der Waals surface area contributed by atoms with Gasteiger partial charge < -0.3 is 15.2 Å². The summed E-state index contributed by atoms with van der Waals surface area (Å²) in [5, 5.41) is 0. The molecular formula is C22H19F3N2O3. The molecule has 0 spiro atoms. The smallest absolute Gasteiger partial charge is 0.419 e. The molecule has 2 N–H and O–H groups in total. The molecule has 0 radical (unpaired) electrons. The van der Waals surface area contributed by atoms with Crippen LogP contribution in [-0.2, 0) is 12.8 Å². The molecule has 1 amide bonds. The van der Waals surface area contributed by atoms with Gasteiger partial charge in [0, 0.05) is 35.2 Å². The summed E-state index contributed by atoms with van der Waals surface area (Å²) in [4.78, 5) is 15.6. The number of nitrogens with two attached hydrogens (primary N) is 1. The predicted molar refractivity (Wildman–Crippen MR) is 105 cm³/mol. The van der Waals surface area contributed by atoms with Gasteiger partial charge in [-0.2, -0.15) is 13.2 Å². The van der Waals surface area contributed by atoms with Crippen LogP contribution in [0.2, 0.25) is 0 Å². The van der Waals surface area contributed by atoms with Crippen molar-refractivity contribution < 1.29 is 27.4 Å². The van der Waals surface area contributed by atoms with Crippen LogP contribution in [-0.4, -0.2) is 18.0 Å². The largest absolute Gasteiger partial charge is 0.496 e. The second-order valence-electron chi connectivity index (χ2n) is 6.62. The zero-order valence-electron chi connectivity index (χ0n) is 16.3. The van der Waals surface area contributed by atoms with Gasteiger partial charge >= 0.3 is 6.18 Å². The number of ether oxygens (including phenoxy) is 2. The highest BCUT2D eigenvalue weighted by Crippen LogP contribution is 2.38. The van der Waals surface area contributed by atoms with Crippen molar-refractivity contribution in [2.24, 2.45) is 5.73 Å². The number of benzene rings is 2. The number of aromatic nitrogens is 1. The minimum atomic E-state index is -4.51. The highest BCUT2D eigenvalue weighted by molar-refractivity contribution is 5.94. The van der Waals surface area contributed by atoms with Gasteiger partial charge in [0.05, 0.1) is 12.7 Å². The number of primary amides is 1. The molecular weight excluding hydrogens is 397 g/mol. The number of methoxy groups -OCH3 is 1. The van der Waals surface area contributed by atoms with Gasteiger partial charge in [-0.1, -0.05) is 12.1 Å². The second kappa shape index (κ2) is 8.44. The first kappa shape index (κ1) is 21.2. The summed E-state index contributed by atoms with van der Waals surface area (Å²) in [6.45, 7) is 1.90. The molecule has 0 fully saturated rings. The number of hydrogen-bond acceptors (Lipinski definition) is 4. The van der Waals surface area contributed by atoms with E-state index in [1.54, 1.807) is 31.5 Å². The maximum Gasteiger partial charge on any atom is 0.419 e. The molecule has 0 saturated heterocycles. The van der Waals surface area contributed by atoms with E-state index in [0.717, 1.165) is 28.3 Å². The molecule has 8 heteroatoms. The fourth-order valence-corrected chi connectivity index (χ4v) is 3.01. The Bertz CT molecular complexity index is 1080. The van der Waals surface area contributed by atoms with Crippen LogP contribution in [0, 0.1) is 6.92 Å². The summed E-state index contributed by atoms with van der Waals surface area (Å²) >= 11 is 0. The maximum atomic E-state index is 13.0. The van der Waals surface area contributed by atoms with Crippen LogP contribution in [0.15, 0.2) is 54.9 Å². The average molecular weight is 416 g/mol. The van der Waals surface area contributed by atoms with E-state index in [2.05, 4.69) is 4.98 Å². The van der Waals surface area contributed by atoms with Crippen molar-refractivity contribution in [3.05, 3.63) is 77.1 Å². The zero-order chi connectivity index (χ0) is 21.9. The number of alkyl halides is 3. The average Bonchev–Trinajstić information content (AvgIpc) is 2.71. The van der Waals surface area contributed by atoms with Crippen molar-refractivity contribution in [3.63, 3.8) is 0 Å². The lowest BCUT2D eigenvalue weighted by Gasteiger charge is -2.14. The van der Waals surface area contributed by atoms with Crippen LogP contribution in [0.25, 0.3) is 11.1 Å². The molecule has 0 aliphatic carbocycles. The molecule has 2 aromatic carbocycles. The van der Waals surface area contributed by atoms with Gasteiger partial charge in [-0.05, 0) is 42.3 Å². The van der Waals surface area contributed by atoms with Crippen molar-refractivity contribution in [1.29, 1.82) is 0 Å². The minimum Gasteiger partial charge on any atom is -0.496 e. The van der Waals surface area contributed by atoms with Crippen molar-refractivity contribution >= 4 is 5.91 Å². The van der Waals surface area contributed by atoms with Gasteiger partial charge in [-0.15, -0.1) is 0 Å². The van der Waals surface area contributed by atoms with Crippen LogP contribution in [0.3, 0.4) is 0 Å². The summed E-state index contributed by atoms with van der Waals surface area (Å²) in [7, 11) is 1.17. The third-order valence-electron chi connectivity index (χ3n) is 4.50. The minimum absolute atomic E-state index is 0.105. The standard InChI is InChI=1S/C22H19F3N2O3/c1-13-7-15(3-5-18(13)21(26)28)16-8-14(10-27-11-16)12-30-17-4-6-19(22(23,24)25)20(9-17)29-2/h3-11H,12H2,1-2H3,(H2,26,28). The van der Waals surface area contributed by atoms with E-state index in [1.807, 2.05) is 12.1 Å². The lowest BCUT2D eigenvalue weighted by Crippen LogP contribution is -2.12. The number of amides is 1. The lowest BCUT2D eigenvalue weighted by molar-refractivity contribution is -0.138. The number of pyridine rings is 1. The van der Waals surface area contributed by atoms with Crippen molar-refractivity contribution in [2.45, 2.75) is 19.7 Å². The summed E-state index contributed by atoms with van der Waals surface area (Å²) in [6.07, 6.45) is -1.23. The SMILES string of the molecule is COc1cc(OCc2cncc(-c3ccc(C(N)=O)c(C)c3)c2)ccc1C(F)(F)F. The van der Waals surface area contributed by atoms with E-state index in [-0.39, 0.29) is 18.1 Å². The van der Waals surface area contributed by atoms with Gasteiger partial charge in [0.25, 0.3) is 0 Å². The molecule has 5 nitrogen and oxygen atoms in total. The number of rotatable bonds is 6. The van der Waals surface area contributed by atoms with E-state index in [1.165, 1.54) is 19.2 Å². The fourth-order valence-electron chi connectivity index (χ4n) is 3.01. The summed E-state index contributed by atoms with van der Waals surface area (Å²) < 4.78 is 49.4. The molecule has 156 valence electrons. The topological polar surface area (TPSA) is 74.4 Å². The van der Waals surface area contributed by atoms with Gasteiger partial charge in [0.1, 0.15) is 18.1 Å². The van der Waals surface area contributed by atoms with Crippen molar-refractivity contribution in [2.75, 3.05) is 7.11 Å². The molecule has 3 aromatic rings. The molecule has 1 aromatic heterocycles. The number of aryl methyl sites for hydroxylation is 1. The fraction of sp³-hybridized carbons (Fsp3) is 0.182.